The topological polar surface area (TPSA) is 54.3 Å². The Morgan fingerprint density at radius 2 is 2.00 bits per heavy atom. The largest absolute Gasteiger partial charge is 0.339 e. The zero-order valence-corrected chi connectivity index (χ0v) is 12.2. The quantitative estimate of drug-likeness (QED) is 0.854. The third kappa shape index (κ3) is 3.83. The monoisotopic (exact) mass is 335 g/mol. The fourth-order valence-electron chi connectivity index (χ4n) is 1.79. The van der Waals surface area contributed by atoms with E-state index in [9.17, 15) is 9.59 Å². The van der Waals surface area contributed by atoms with Crippen molar-refractivity contribution in [1.29, 1.82) is 0 Å². The Morgan fingerprint density at radius 3 is 2.67 bits per heavy atom. The predicted molar refractivity (Wildman–Crippen MR) is 75.1 cm³/mol. The van der Waals surface area contributed by atoms with Crippen molar-refractivity contribution in [1.82, 2.24) is 14.8 Å². The number of aromatic nitrogens is 1. The summed E-state index contributed by atoms with van der Waals surface area (Å²) in [6.07, 6.45) is 1.64. The molecule has 2 heterocycles. The zero-order chi connectivity index (χ0) is 12.3. The standard InChI is InChI=1S/C11H14BrN3O2.ClH/c12-9-1-2-10(16)15(7-9)8-11(17)14-5-3-13-4-6-14;/h1-2,7,13H,3-6,8H2;1H. The lowest BCUT2D eigenvalue weighted by Gasteiger charge is -2.27. The van der Waals surface area contributed by atoms with E-state index in [1.54, 1.807) is 17.2 Å². The number of nitrogens with zero attached hydrogens (tertiary/aromatic N) is 2. The highest BCUT2D eigenvalue weighted by Gasteiger charge is 2.16. The van der Waals surface area contributed by atoms with E-state index in [1.165, 1.54) is 10.6 Å². The fraction of sp³-hybridized carbons (Fsp3) is 0.455. The van der Waals surface area contributed by atoms with Crippen LogP contribution in [0.4, 0.5) is 0 Å². The molecule has 0 unspecified atom stereocenters. The second-order valence-corrected chi connectivity index (χ2v) is 4.86. The van der Waals surface area contributed by atoms with E-state index in [2.05, 4.69) is 21.2 Å². The number of rotatable bonds is 2. The van der Waals surface area contributed by atoms with Gasteiger partial charge in [0.15, 0.2) is 0 Å². The lowest BCUT2D eigenvalue weighted by atomic mass is 10.3. The van der Waals surface area contributed by atoms with Crippen LogP contribution in [0.2, 0.25) is 0 Å². The normalized spacial score (nSPS) is 15.1. The molecule has 2 rings (SSSR count). The van der Waals surface area contributed by atoms with E-state index >= 15 is 0 Å². The Bertz CT molecular complexity index is 472. The molecule has 0 bridgehead atoms. The van der Waals surface area contributed by atoms with Crippen LogP contribution in [0.3, 0.4) is 0 Å². The van der Waals surface area contributed by atoms with Gasteiger partial charge in [0.25, 0.3) is 5.56 Å². The van der Waals surface area contributed by atoms with Gasteiger partial charge >= 0.3 is 0 Å². The maximum absolute atomic E-state index is 12.0. The number of pyridine rings is 1. The molecule has 1 fully saturated rings. The summed E-state index contributed by atoms with van der Waals surface area (Å²) in [6, 6.07) is 3.13. The number of amides is 1. The van der Waals surface area contributed by atoms with Gasteiger partial charge in [-0.25, -0.2) is 0 Å². The summed E-state index contributed by atoms with van der Waals surface area (Å²) in [7, 11) is 0. The van der Waals surface area contributed by atoms with E-state index in [0.717, 1.165) is 17.6 Å². The molecule has 1 N–H and O–H groups in total. The lowest BCUT2D eigenvalue weighted by Crippen LogP contribution is -2.48. The SMILES string of the molecule is Cl.O=C(Cn1cc(Br)ccc1=O)N1CCNCC1. The highest BCUT2D eigenvalue weighted by atomic mass is 79.9. The molecule has 1 aliphatic heterocycles. The van der Waals surface area contributed by atoms with Gasteiger partial charge in [-0.15, -0.1) is 12.4 Å². The van der Waals surface area contributed by atoms with Gasteiger partial charge in [0.05, 0.1) is 0 Å². The molecule has 0 saturated carbocycles. The molecule has 100 valence electrons. The fourth-order valence-corrected chi connectivity index (χ4v) is 2.17. The maximum atomic E-state index is 12.0. The van der Waals surface area contributed by atoms with Crippen molar-refractivity contribution in [3.05, 3.63) is 33.2 Å². The van der Waals surface area contributed by atoms with Gasteiger partial charge in [0.1, 0.15) is 6.54 Å². The van der Waals surface area contributed by atoms with Gasteiger partial charge in [0, 0.05) is 42.9 Å². The summed E-state index contributed by atoms with van der Waals surface area (Å²) in [4.78, 5) is 25.3. The molecule has 7 heteroatoms. The lowest BCUT2D eigenvalue weighted by molar-refractivity contribution is -0.132. The molecule has 1 aromatic rings. The number of carbonyl (C=O) groups excluding carboxylic acids is 1. The Kier molecular flexibility index (Phi) is 5.84. The van der Waals surface area contributed by atoms with Crippen molar-refractivity contribution >= 4 is 34.2 Å². The van der Waals surface area contributed by atoms with Gasteiger partial charge in [0.2, 0.25) is 5.91 Å². The minimum absolute atomic E-state index is 0. The smallest absolute Gasteiger partial charge is 0.251 e. The molecule has 0 spiro atoms. The van der Waals surface area contributed by atoms with Crippen molar-refractivity contribution in [3.63, 3.8) is 0 Å². The number of hydrogen-bond acceptors (Lipinski definition) is 3. The highest BCUT2D eigenvalue weighted by Crippen LogP contribution is 2.05. The third-order valence-corrected chi connectivity index (χ3v) is 3.19. The van der Waals surface area contributed by atoms with Crippen LogP contribution >= 0.6 is 28.3 Å². The molecule has 1 aliphatic rings. The summed E-state index contributed by atoms with van der Waals surface area (Å²) < 4.78 is 2.22. The minimum Gasteiger partial charge on any atom is -0.339 e. The van der Waals surface area contributed by atoms with Crippen molar-refractivity contribution in [2.75, 3.05) is 26.2 Å². The van der Waals surface area contributed by atoms with Crippen LogP contribution in [0.25, 0.3) is 0 Å². The average molecular weight is 337 g/mol. The third-order valence-electron chi connectivity index (χ3n) is 2.72. The van der Waals surface area contributed by atoms with Crippen LogP contribution < -0.4 is 10.9 Å². The molecule has 0 atom stereocenters. The Balaban J connectivity index is 0.00000162. The minimum atomic E-state index is -0.156. The molecule has 1 amide bonds. The molecule has 0 aromatic carbocycles. The Labute approximate surface area is 120 Å². The predicted octanol–water partition coefficient (Wildman–Crippen LogP) is 0.464. The van der Waals surface area contributed by atoms with Crippen LogP contribution in [-0.4, -0.2) is 41.6 Å². The summed E-state index contributed by atoms with van der Waals surface area (Å²) in [5.74, 6) is -0.00769. The van der Waals surface area contributed by atoms with Crippen LogP contribution in [0.5, 0.6) is 0 Å². The summed E-state index contributed by atoms with van der Waals surface area (Å²) >= 11 is 3.29. The van der Waals surface area contributed by atoms with Crippen LogP contribution in [-0.2, 0) is 11.3 Å². The second kappa shape index (κ2) is 6.92. The summed E-state index contributed by atoms with van der Waals surface area (Å²) in [6.45, 7) is 3.17. The van der Waals surface area contributed by atoms with Crippen molar-refractivity contribution in [2.24, 2.45) is 0 Å². The van der Waals surface area contributed by atoms with E-state index in [0.29, 0.717) is 13.1 Å². The van der Waals surface area contributed by atoms with Crippen LogP contribution in [0.15, 0.2) is 27.6 Å². The van der Waals surface area contributed by atoms with Gasteiger partial charge in [-0.1, -0.05) is 0 Å². The van der Waals surface area contributed by atoms with Crippen LogP contribution in [0.1, 0.15) is 0 Å². The molecule has 1 saturated heterocycles. The summed E-state index contributed by atoms with van der Waals surface area (Å²) in [5, 5.41) is 3.18. The molecule has 0 radical (unpaired) electrons. The first-order valence-corrected chi connectivity index (χ1v) is 6.30. The molecule has 5 nitrogen and oxygen atoms in total. The Hall–Kier alpha value is -0.850. The van der Waals surface area contributed by atoms with Crippen molar-refractivity contribution < 1.29 is 4.79 Å². The number of hydrogen-bond donors (Lipinski definition) is 1. The zero-order valence-electron chi connectivity index (χ0n) is 9.76. The first-order valence-electron chi connectivity index (χ1n) is 5.51. The molecule has 0 aliphatic carbocycles. The number of piperazine rings is 1. The molecule has 18 heavy (non-hydrogen) atoms. The Morgan fingerprint density at radius 1 is 1.33 bits per heavy atom. The van der Waals surface area contributed by atoms with Crippen molar-refractivity contribution in [3.8, 4) is 0 Å². The number of nitrogens with one attached hydrogen (secondary N) is 1. The van der Waals surface area contributed by atoms with E-state index in [4.69, 9.17) is 0 Å². The molecule has 1 aromatic heterocycles. The summed E-state index contributed by atoms with van der Waals surface area (Å²) in [5.41, 5.74) is -0.156. The molecular weight excluding hydrogens is 321 g/mol. The van der Waals surface area contributed by atoms with Crippen molar-refractivity contribution in [2.45, 2.75) is 6.54 Å². The molecular formula is C11H15BrClN3O2. The van der Waals surface area contributed by atoms with Gasteiger partial charge in [-0.05, 0) is 22.0 Å². The van der Waals surface area contributed by atoms with E-state index in [-0.39, 0.29) is 30.4 Å². The van der Waals surface area contributed by atoms with Crippen LogP contribution in [0, 0.1) is 0 Å². The second-order valence-electron chi connectivity index (χ2n) is 3.94. The van der Waals surface area contributed by atoms with Gasteiger partial charge in [-0.3, -0.25) is 9.59 Å². The first-order chi connectivity index (χ1) is 8.16. The maximum Gasteiger partial charge on any atom is 0.251 e. The highest BCUT2D eigenvalue weighted by molar-refractivity contribution is 9.10. The number of halogens is 2. The van der Waals surface area contributed by atoms with E-state index < -0.39 is 0 Å². The average Bonchev–Trinajstić information content (AvgIpc) is 2.35. The number of carbonyl (C=O) groups is 1. The van der Waals surface area contributed by atoms with Gasteiger partial charge in [-0.2, -0.15) is 0 Å². The van der Waals surface area contributed by atoms with E-state index in [1.807, 2.05) is 0 Å². The first kappa shape index (κ1) is 15.2. The van der Waals surface area contributed by atoms with Gasteiger partial charge < -0.3 is 14.8 Å².